The minimum atomic E-state index is -0.185. The van der Waals surface area contributed by atoms with E-state index in [2.05, 4.69) is 10.6 Å². The SMILES string of the molecule is COc1cc(C(C)NC(=O)NC(C)C2CC2)cc(OC)c1OC. The van der Waals surface area contributed by atoms with Gasteiger partial charge in [-0.3, -0.25) is 0 Å². The zero-order valence-electron chi connectivity index (χ0n) is 14.4. The number of hydrogen-bond donors (Lipinski definition) is 2. The van der Waals surface area contributed by atoms with E-state index in [0.29, 0.717) is 23.2 Å². The van der Waals surface area contributed by atoms with E-state index in [-0.39, 0.29) is 18.1 Å². The van der Waals surface area contributed by atoms with Crippen molar-refractivity contribution in [2.75, 3.05) is 21.3 Å². The van der Waals surface area contributed by atoms with Crippen molar-refractivity contribution < 1.29 is 19.0 Å². The summed E-state index contributed by atoms with van der Waals surface area (Å²) in [5.74, 6) is 2.31. The van der Waals surface area contributed by atoms with Gasteiger partial charge in [0.1, 0.15) is 0 Å². The second kappa shape index (κ2) is 7.44. The second-order valence-corrected chi connectivity index (χ2v) is 5.92. The van der Waals surface area contributed by atoms with Crippen molar-refractivity contribution in [1.82, 2.24) is 10.6 Å². The maximum atomic E-state index is 12.1. The number of hydrogen-bond acceptors (Lipinski definition) is 4. The minimum absolute atomic E-state index is 0.161. The molecule has 2 atom stereocenters. The highest BCUT2D eigenvalue weighted by Gasteiger charge is 2.29. The molecule has 2 unspecified atom stereocenters. The number of urea groups is 1. The Balaban J connectivity index is 2.08. The zero-order valence-corrected chi connectivity index (χ0v) is 14.4. The molecule has 0 aromatic heterocycles. The number of carbonyl (C=O) groups is 1. The molecule has 0 spiro atoms. The number of ether oxygens (including phenoxy) is 3. The lowest BCUT2D eigenvalue weighted by atomic mass is 10.1. The maximum absolute atomic E-state index is 12.1. The largest absolute Gasteiger partial charge is 0.493 e. The Labute approximate surface area is 137 Å². The molecule has 0 aliphatic heterocycles. The highest BCUT2D eigenvalue weighted by Crippen LogP contribution is 2.39. The smallest absolute Gasteiger partial charge is 0.315 e. The van der Waals surface area contributed by atoms with Crippen LogP contribution in [0.1, 0.15) is 38.3 Å². The summed E-state index contributed by atoms with van der Waals surface area (Å²) in [4.78, 5) is 12.1. The predicted octanol–water partition coefficient (Wildman–Crippen LogP) is 2.87. The van der Waals surface area contributed by atoms with E-state index in [0.717, 1.165) is 5.56 Å². The maximum Gasteiger partial charge on any atom is 0.315 e. The van der Waals surface area contributed by atoms with Gasteiger partial charge in [-0.05, 0) is 50.3 Å². The first kappa shape index (κ1) is 17.2. The molecule has 2 N–H and O–H groups in total. The Kier molecular flexibility index (Phi) is 5.58. The quantitative estimate of drug-likeness (QED) is 0.810. The summed E-state index contributed by atoms with van der Waals surface area (Å²) in [5, 5.41) is 5.93. The number of methoxy groups -OCH3 is 3. The van der Waals surface area contributed by atoms with E-state index in [1.807, 2.05) is 26.0 Å². The van der Waals surface area contributed by atoms with Crippen molar-refractivity contribution in [3.8, 4) is 17.2 Å². The van der Waals surface area contributed by atoms with Gasteiger partial charge >= 0.3 is 6.03 Å². The van der Waals surface area contributed by atoms with E-state index in [1.54, 1.807) is 21.3 Å². The van der Waals surface area contributed by atoms with Crippen LogP contribution in [0.15, 0.2) is 12.1 Å². The van der Waals surface area contributed by atoms with Crippen LogP contribution in [0, 0.1) is 5.92 Å². The van der Waals surface area contributed by atoms with Crippen LogP contribution in [-0.4, -0.2) is 33.4 Å². The van der Waals surface area contributed by atoms with Crippen LogP contribution in [0.4, 0.5) is 4.79 Å². The third kappa shape index (κ3) is 4.21. The highest BCUT2D eigenvalue weighted by molar-refractivity contribution is 5.75. The standard InChI is InChI=1S/C17H26N2O4/c1-10(12-6-7-12)18-17(20)19-11(2)13-8-14(21-3)16(23-5)15(9-13)22-4/h8-12H,6-7H2,1-5H3,(H2,18,19,20). The normalized spacial score (nSPS) is 16.2. The fraction of sp³-hybridized carbons (Fsp3) is 0.588. The number of nitrogens with one attached hydrogen (secondary N) is 2. The molecule has 1 aromatic carbocycles. The summed E-state index contributed by atoms with van der Waals surface area (Å²) in [6.07, 6.45) is 2.40. The molecule has 0 radical (unpaired) electrons. The summed E-state index contributed by atoms with van der Waals surface area (Å²) in [6, 6.07) is 3.55. The Hall–Kier alpha value is -2.11. The summed E-state index contributed by atoms with van der Waals surface area (Å²) in [6.45, 7) is 3.96. The van der Waals surface area contributed by atoms with Gasteiger partial charge < -0.3 is 24.8 Å². The Bertz CT molecular complexity index is 533. The molecule has 23 heavy (non-hydrogen) atoms. The average Bonchev–Trinajstić information content (AvgIpc) is 3.37. The second-order valence-electron chi connectivity index (χ2n) is 5.92. The summed E-state index contributed by atoms with van der Waals surface area (Å²) >= 11 is 0. The number of carbonyl (C=O) groups excluding carboxylic acids is 1. The summed E-state index contributed by atoms with van der Waals surface area (Å²) < 4.78 is 16.0. The van der Waals surface area contributed by atoms with Crippen LogP contribution in [-0.2, 0) is 0 Å². The molecule has 1 saturated carbocycles. The van der Waals surface area contributed by atoms with Gasteiger partial charge in [0.25, 0.3) is 0 Å². The molecule has 1 fully saturated rings. The molecule has 1 aliphatic carbocycles. The van der Waals surface area contributed by atoms with E-state index in [4.69, 9.17) is 14.2 Å². The monoisotopic (exact) mass is 322 g/mol. The highest BCUT2D eigenvalue weighted by atomic mass is 16.5. The summed E-state index contributed by atoms with van der Waals surface area (Å²) in [7, 11) is 4.71. The fourth-order valence-corrected chi connectivity index (χ4v) is 2.59. The molecule has 6 nitrogen and oxygen atoms in total. The van der Waals surface area contributed by atoms with Crippen LogP contribution in [0.3, 0.4) is 0 Å². The molecular weight excluding hydrogens is 296 g/mol. The fourth-order valence-electron chi connectivity index (χ4n) is 2.59. The van der Waals surface area contributed by atoms with Crippen molar-refractivity contribution in [2.45, 2.75) is 38.8 Å². The van der Waals surface area contributed by atoms with E-state index in [9.17, 15) is 4.79 Å². The molecule has 6 heteroatoms. The molecule has 2 rings (SSSR count). The Morgan fingerprint density at radius 1 is 1.04 bits per heavy atom. The molecule has 0 saturated heterocycles. The van der Waals surface area contributed by atoms with Crippen molar-refractivity contribution in [3.63, 3.8) is 0 Å². The summed E-state index contributed by atoms with van der Waals surface area (Å²) in [5.41, 5.74) is 0.883. The van der Waals surface area contributed by atoms with Crippen LogP contribution in [0.2, 0.25) is 0 Å². The number of benzene rings is 1. The first-order valence-electron chi connectivity index (χ1n) is 7.87. The van der Waals surface area contributed by atoms with Crippen molar-refractivity contribution >= 4 is 6.03 Å². The van der Waals surface area contributed by atoms with E-state index < -0.39 is 0 Å². The molecule has 0 heterocycles. The lowest BCUT2D eigenvalue weighted by Crippen LogP contribution is -2.42. The van der Waals surface area contributed by atoms with Crippen molar-refractivity contribution in [1.29, 1.82) is 0 Å². The molecule has 128 valence electrons. The first-order valence-corrected chi connectivity index (χ1v) is 7.87. The van der Waals surface area contributed by atoms with Crippen LogP contribution < -0.4 is 24.8 Å². The third-order valence-corrected chi connectivity index (χ3v) is 4.22. The Morgan fingerprint density at radius 3 is 2.04 bits per heavy atom. The molecule has 1 aromatic rings. The third-order valence-electron chi connectivity index (χ3n) is 4.22. The van der Waals surface area contributed by atoms with Gasteiger partial charge in [0.2, 0.25) is 5.75 Å². The predicted molar refractivity (Wildman–Crippen MR) is 88.4 cm³/mol. The average molecular weight is 322 g/mol. The van der Waals surface area contributed by atoms with Gasteiger partial charge in [0.05, 0.1) is 27.4 Å². The van der Waals surface area contributed by atoms with Crippen molar-refractivity contribution in [3.05, 3.63) is 17.7 Å². The Morgan fingerprint density at radius 2 is 1.61 bits per heavy atom. The van der Waals surface area contributed by atoms with Gasteiger partial charge in [-0.2, -0.15) is 0 Å². The molecular formula is C17H26N2O4. The van der Waals surface area contributed by atoms with Crippen LogP contribution in [0.25, 0.3) is 0 Å². The molecule has 1 aliphatic rings. The van der Waals surface area contributed by atoms with Gasteiger partial charge in [-0.1, -0.05) is 0 Å². The van der Waals surface area contributed by atoms with E-state index in [1.165, 1.54) is 12.8 Å². The lowest BCUT2D eigenvalue weighted by molar-refractivity contribution is 0.233. The van der Waals surface area contributed by atoms with Gasteiger partial charge in [-0.15, -0.1) is 0 Å². The van der Waals surface area contributed by atoms with Gasteiger partial charge in [0.15, 0.2) is 11.5 Å². The van der Waals surface area contributed by atoms with E-state index >= 15 is 0 Å². The van der Waals surface area contributed by atoms with Crippen molar-refractivity contribution in [2.24, 2.45) is 5.92 Å². The number of amides is 2. The lowest BCUT2D eigenvalue weighted by Gasteiger charge is -2.20. The molecule has 2 amide bonds. The number of rotatable bonds is 7. The minimum Gasteiger partial charge on any atom is -0.493 e. The topological polar surface area (TPSA) is 68.8 Å². The van der Waals surface area contributed by atoms with Crippen LogP contribution >= 0.6 is 0 Å². The first-order chi connectivity index (χ1) is 11.0. The van der Waals surface area contributed by atoms with Gasteiger partial charge in [0, 0.05) is 6.04 Å². The van der Waals surface area contributed by atoms with Gasteiger partial charge in [-0.25, -0.2) is 4.79 Å². The van der Waals surface area contributed by atoms with Crippen LogP contribution in [0.5, 0.6) is 17.2 Å². The molecule has 0 bridgehead atoms. The zero-order chi connectivity index (χ0) is 17.0.